The zero-order valence-electron chi connectivity index (χ0n) is 18.8. The van der Waals surface area contributed by atoms with Gasteiger partial charge in [-0.1, -0.05) is 38.1 Å². The first-order chi connectivity index (χ1) is 15.8. The summed E-state index contributed by atoms with van der Waals surface area (Å²) in [6.07, 6.45) is 2.54. The molecule has 0 radical (unpaired) electrons. The molecule has 2 aromatic carbocycles. The third-order valence-corrected chi connectivity index (χ3v) is 7.77. The average Bonchev–Trinajstić information content (AvgIpc) is 3.43. The summed E-state index contributed by atoms with van der Waals surface area (Å²) in [5.41, 5.74) is 1.17. The number of benzene rings is 2. The van der Waals surface area contributed by atoms with E-state index in [1.807, 2.05) is 24.3 Å². The maximum atomic E-state index is 12.8. The molecule has 33 heavy (non-hydrogen) atoms. The highest BCUT2D eigenvalue weighted by molar-refractivity contribution is 7.89. The Morgan fingerprint density at radius 1 is 1.09 bits per heavy atom. The number of carbonyl (C=O) groups is 1. The quantitative estimate of drug-likeness (QED) is 0.487. The van der Waals surface area contributed by atoms with Crippen molar-refractivity contribution in [3.8, 4) is 5.88 Å². The molecule has 0 saturated carbocycles. The first kappa shape index (κ1) is 23.1. The van der Waals surface area contributed by atoms with E-state index in [0.29, 0.717) is 30.9 Å². The van der Waals surface area contributed by atoms with Gasteiger partial charge in [0.1, 0.15) is 0 Å². The van der Waals surface area contributed by atoms with Crippen molar-refractivity contribution in [2.75, 3.05) is 13.1 Å². The summed E-state index contributed by atoms with van der Waals surface area (Å²) in [4.78, 5) is 12.8. The Balaban J connectivity index is 1.63. The maximum absolute atomic E-state index is 12.8. The number of aromatic hydroxyl groups is 1. The third kappa shape index (κ3) is 4.69. The Bertz CT molecular complexity index is 1310. The Morgan fingerprint density at radius 2 is 1.82 bits per heavy atom. The lowest BCUT2D eigenvalue weighted by Crippen LogP contribution is -2.27. The minimum Gasteiger partial charge on any atom is -0.493 e. The fourth-order valence-corrected chi connectivity index (χ4v) is 5.57. The van der Waals surface area contributed by atoms with E-state index in [1.165, 1.54) is 28.6 Å². The minimum absolute atomic E-state index is 0.0428. The van der Waals surface area contributed by atoms with E-state index in [0.717, 1.165) is 24.8 Å². The van der Waals surface area contributed by atoms with Gasteiger partial charge in [-0.25, -0.2) is 8.42 Å². The topological polar surface area (TPSA) is 104 Å². The molecule has 0 unspecified atom stereocenters. The largest absolute Gasteiger partial charge is 0.493 e. The average molecular weight is 469 g/mol. The van der Waals surface area contributed by atoms with Gasteiger partial charge in [0.15, 0.2) is 5.69 Å². The summed E-state index contributed by atoms with van der Waals surface area (Å²) in [5, 5.41) is 19.4. The summed E-state index contributed by atoms with van der Waals surface area (Å²) in [5.74, 6) is -0.257. The first-order valence-electron chi connectivity index (χ1n) is 11.2. The van der Waals surface area contributed by atoms with Gasteiger partial charge in [0.2, 0.25) is 15.9 Å². The second kappa shape index (κ2) is 9.44. The maximum Gasteiger partial charge on any atom is 0.295 e. The molecule has 174 valence electrons. The van der Waals surface area contributed by atoms with Crippen LogP contribution in [-0.4, -0.2) is 41.4 Å². The summed E-state index contributed by atoms with van der Waals surface area (Å²) in [6, 6.07) is 13.3. The van der Waals surface area contributed by atoms with Crippen LogP contribution in [0.2, 0.25) is 0 Å². The molecular formula is C24H28N4O4S. The Hall–Kier alpha value is -3.04. The van der Waals surface area contributed by atoms with Crippen LogP contribution in [-0.2, 0) is 16.6 Å². The molecule has 1 fully saturated rings. The molecule has 1 aliphatic heterocycles. The van der Waals surface area contributed by atoms with Gasteiger partial charge < -0.3 is 9.67 Å². The number of carbonyl (C=O) groups excluding carboxylic acids is 1. The SMILES string of the molecule is CC(C)CCn1c(O)c(N=NC(=O)c2cccc(S(=O)(=O)N3CCCC3)c2)c2ccccc21. The van der Waals surface area contributed by atoms with Crippen molar-refractivity contribution < 1.29 is 18.3 Å². The molecule has 4 rings (SSSR count). The number of aromatic nitrogens is 1. The summed E-state index contributed by atoms with van der Waals surface area (Å²) < 4.78 is 28.8. The van der Waals surface area contributed by atoms with E-state index in [1.54, 1.807) is 4.57 Å². The van der Waals surface area contributed by atoms with Crippen LogP contribution >= 0.6 is 0 Å². The summed E-state index contributed by atoms with van der Waals surface area (Å²) >= 11 is 0. The molecule has 1 aliphatic rings. The molecule has 0 bridgehead atoms. The Labute approximate surface area is 193 Å². The molecule has 2 heterocycles. The number of azo groups is 1. The number of amides is 1. The number of sulfonamides is 1. The van der Waals surface area contributed by atoms with Crippen molar-refractivity contribution in [1.29, 1.82) is 0 Å². The van der Waals surface area contributed by atoms with E-state index in [9.17, 15) is 18.3 Å². The van der Waals surface area contributed by atoms with Gasteiger partial charge in [0.25, 0.3) is 5.91 Å². The van der Waals surface area contributed by atoms with E-state index in [2.05, 4.69) is 24.1 Å². The van der Waals surface area contributed by atoms with Crippen molar-refractivity contribution in [2.45, 2.75) is 44.6 Å². The zero-order valence-corrected chi connectivity index (χ0v) is 19.6. The Kier molecular flexibility index (Phi) is 6.62. The van der Waals surface area contributed by atoms with Crippen molar-refractivity contribution >= 4 is 32.5 Å². The number of aryl methyl sites for hydroxylation is 1. The van der Waals surface area contributed by atoms with Crippen molar-refractivity contribution in [3.05, 3.63) is 54.1 Å². The molecule has 0 spiro atoms. The lowest BCUT2D eigenvalue weighted by atomic mass is 10.1. The van der Waals surface area contributed by atoms with E-state index >= 15 is 0 Å². The second-order valence-corrected chi connectivity index (χ2v) is 10.6. The van der Waals surface area contributed by atoms with Gasteiger partial charge in [-0.2, -0.15) is 4.31 Å². The highest BCUT2D eigenvalue weighted by atomic mass is 32.2. The minimum atomic E-state index is -3.64. The second-order valence-electron chi connectivity index (χ2n) is 8.67. The summed E-state index contributed by atoms with van der Waals surface area (Å²) in [7, 11) is -3.64. The van der Waals surface area contributed by atoms with Crippen LogP contribution in [0.5, 0.6) is 5.88 Å². The van der Waals surface area contributed by atoms with Crippen molar-refractivity contribution in [1.82, 2.24) is 8.87 Å². The van der Waals surface area contributed by atoms with Crippen molar-refractivity contribution in [2.24, 2.45) is 16.1 Å². The van der Waals surface area contributed by atoms with Crippen LogP contribution < -0.4 is 0 Å². The smallest absolute Gasteiger partial charge is 0.295 e. The summed E-state index contributed by atoms with van der Waals surface area (Å²) in [6.45, 7) is 5.81. The number of hydrogen-bond acceptors (Lipinski definition) is 5. The van der Waals surface area contributed by atoms with Crippen LogP contribution in [0.15, 0.2) is 63.7 Å². The van der Waals surface area contributed by atoms with E-state index in [-0.39, 0.29) is 22.0 Å². The number of fused-ring (bicyclic) bond motifs is 1. The lowest BCUT2D eigenvalue weighted by Gasteiger charge is -2.15. The number of nitrogens with zero attached hydrogens (tertiary/aromatic N) is 4. The standard InChI is InChI=1S/C24H28N4O4S/c1-17(2)12-15-28-21-11-4-3-10-20(21)22(24(28)30)25-26-23(29)18-8-7-9-19(16-18)33(31,32)27-13-5-6-14-27/h3-4,7-11,16-17,30H,5-6,12-15H2,1-2H3. The monoisotopic (exact) mass is 468 g/mol. The predicted octanol–water partition coefficient (Wildman–Crippen LogP) is 5.10. The molecule has 1 N–H and O–H groups in total. The fraction of sp³-hybridized carbons (Fsp3) is 0.375. The molecule has 9 heteroatoms. The number of hydrogen-bond donors (Lipinski definition) is 1. The van der Waals surface area contributed by atoms with Gasteiger partial charge in [-0.15, -0.1) is 10.2 Å². The first-order valence-corrected chi connectivity index (χ1v) is 12.6. The van der Waals surface area contributed by atoms with E-state index in [4.69, 9.17) is 0 Å². The molecule has 0 aliphatic carbocycles. The molecule has 1 aromatic heterocycles. The van der Waals surface area contributed by atoms with Gasteiger partial charge in [0, 0.05) is 30.6 Å². The van der Waals surface area contributed by atoms with Gasteiger partial charge in [0.05, 0.1) is 10.4 Å². The normalized spacial score (nSPS) is 15.2. The third-order valence-electron chi connectivity index (χ3n) is 5.87. The molecule has 3 aromatic rings. The highest BCUT2D eigenvalue weighted by Crippen LogP contribution is 2.39. The van der Waals surface area contributed by atoms with Gasteiger partial charge in [-0.05, 0) is 49.4 Å². The number of para-hydroxylation sites is 1. The lowest BCUT2D eigenvalue weighted by molar-refractivity contribution is 0.0995. The zero-order chi connectivity index (χ0) is 23.6. The molecular weight excluding hydrogens is 440 g/mol. The van der Waals surface area contributed by atoms with Crippen LogP contribution in [0, 0.1) is 5.92 Å². The molecule has 1 amide bonds. The van der Waals surface area contributed by atoms with Gasteiger partial charge in [-0.3, -0.25) is 4.79 Å². The fourth-order valence-electron chi connectivity index (χ4n) is 4.00. The van der Waals surface area contributed by atoms with Crippen molar-refractivity contribution in [3.63, 3.8) is 0 Å². The van der Waals surface area contributed by atoms with Crippen LogP contribution in [0.25, 0.3) is 10.9 Å². The van der Waals surface area contributed by atoms with Crippen LogP contribution in [0.4, 0.5) is 5.69 Å². The highest BCUT2D eigenvalue weighted by Gasteiger charge is 2.27. The predicted molar refractivity (Wildman–Crippen MR) is 126 cm³/mol. The van der Waals surface area contributed by atoms with E-state index < -0.39 is 15.9 Å². The molecule has 0 atom stereocenters. The number of rotatable bonds is 7. The Morgan fingerprint density at radius 3 is 2.55 bits per heavy atom. The molecule has 8 nitrogen and oxygen atoms in total. The molecule has 1 saturated heterocycles. The van der Waals surface area contributed by atoms with Crippen LogP contribution in [0.1, 0.15) is 43.5 Å². The van der Waals surface area contributed by atoms with Crippen LogP contribution in [0.3, 0.4) is 0 Å². The van der Waals surface area contributed by atoms with Gasteiger partial charge >= 0.3 is 0 Å².